The highest BCUT2D eigenvalue weighted by Gasteiger charge is 2.30. The Balaban J connectivity index is 2.24. The summed E-state index contributed by atoms with van der Waals surface area (Å²) in [5, 5.41) is 3.55. The molecule has 0 saturated carbocycles. The van der Waals surface area contributed by atoms with Crippen molar-refractivity contribution in [1.82, 2.24) is 10.2 Å². The molecule has 1 N–H and O–H groups in total. The number of halogens is 2. The highest BCUT2D eigenvalue weighted by Crippen LogP contribution is 2.27. The number of carbonyl (C=O) groups is 2. The fourth-order valence-electron chi connectivity index (χ4n) is 3.27. The number of nitrogens with one attached hydrogen (secondary N) is 1. The van der Waals surface area contributed by atoms with E-state index in [-0.39, 0.29) is 31.0 Å². The summed E-state index contributed by atoms with van der Waals surface area (Å²) in [5.41, 5.74) is 1.95. The summed E-state index contributed by atoms with van der Waals surface area (Å²) in [5.74, 6) is 0.142. The maximum absolute atomic E-state index is 13.3. The predicted molar refractivity (Wildman–Crippen MR) is 133 cm³/mol. The van der Waals surface area contributed by atoms with Crippen LogP contribution in [-0.2, 0) is 22.6 Å². The van der Waals surface area contributed by atoms with Crippen LogP contribution in [0.3, 0.4) is 0 Å². The van der Waals surface area contributed by atoms with Crippen molar-refractivity contribution in [1.29, 1.82) is 0 Å². The van der Waals surface area contributed by atoms with Gasteiger partial charge in [-0.05, 0) is 71.4 Å². The van der Waals surface area contributed by atoms with E-state index in [1.807, 2.05) is 57.2 Å². The lowest BCUT2D eigenvalue weighted by Crippen LogP contribution is -2.51. The molecule has 0 aliphatic rings. The van der Waals surface area contributed by atoms with Gasteiger partial charge in [-0.15, -0.1) is 0 Å². The summed E-state index contributed by atoms with van der Waals surface area (Å²) in [6.07, 6.45) is 2.20. The second-order valence-electron chi connectivity index (χ2n) is 7.76. The van der Waals surface area contributed by atoms with E-state index in [9.17, 15) is 9.59 Å². The van der Waals surface area contributed by atoms with Crippen LogP contribution in [-0.4, -0.2) is 35.4 Å². The highest BCUT2D eigenvalue weighted by molar-refractivity contribution is 9.10. The zero-order valence-corrected chi connectivity index (χ0v) is 21.5. The molecule has 7 heteroatoms. The van der Waals surface area contributed by atoms with Crippen LogP contribution in [0.2, 0.25) is 5.02 Å². The zero-order valence-electron chi connectivity index (χ0n) is 19.2. The first-order chi connectivity index (χ1) is 15.3. The highest BCUT2D eigenvalue weighted by atomic mass is 79.9. The number of hydrogen-bond donors (Lipinski definition) is 1. The molecule has 0 aliphatic heterocycles. The number of ether oxygens (including phenoxy) is 1. The first-order valence-electron chi connectivity index (χ1n) is 11.0. The predicted octanol–water partition coefficient (Wildman–Crippen LogP) is 5.77. The molecular formula is C25H32BrClN2O3. The van der Waals surface area contributed by atoms with Crippen LogP contribution >= 0.6 is 27.5 Å². The number of amides is 2. The third-order valence-electron chi connectivity index (χ3n) is 5.44. The topological polar surface area (TPSA) is 58.6 Å². The van der Waals surface area contributed by atoms with Gasteiger partial charge in [-0.2, -0.15) is 0 Å². The average Bonchev–Trinajstić information content (AvgIpc) is 2.78. The Hall–Kier alpha value is -2.05. The second-order valence-corrected chi connectivity index (χ2v) is 9.02. The number of rotatable bonds is 11. The minimum atomic E-state index is -0.623. The van der Waals surface area contributed by atoms with E-state index in [4.69, 9.17) is 16.3 Å². The van der Waals surface area contributed by atoms with Crippen molar-refractivity contribution in [3.63, 3.8) is 0 Å². The molecular weight excluding hydrogens is 492 g/mol. The van der Waals surface area contributed by atoms with Gasteiger partial charge in [0.2, 0.25) is 5.91 Å². The maximum Gasteiger partial charge on any atom is 0.261 e. The molecule has 2 rings (SSSR count). The van der Waals surface area contributed by atoms with Gasteiger partial charge in [0.25, 0.3) is 5.91 Å². The average molecular weight is 524 g/mol. The Labute approximate surface area is 204 Å². The van der Waals surface area contributed by atoms with E-state index in [1.54, 1.807) is 11.0 Å². The van der Waals surface area contributed by atoms with Crippen molar-refractivity contribution in [2.75, 3.05) is 6.61 Å². The van der Waals surface area contributed by atoms with Crippen LogP contribution in [0, 0.1) is 0 Å². The molecule has 2 atom stereocenters. The van der Waals surface area contributed by atoms with Gasteiger partial charge in [-0.25, -0.2) is 0 Å². The molecule has 0 heterocycles. The lowest BCUT2D eigenvalue weighted by atomic mass is 10.1. The van der Waals surface area contributed by atoms with Gasteiger partial charge in [0.05, 0.1) is 4.47 Å². The van der Waals surface area contributed by atoms with Crippen molar-refractivity contribution >= 4 is 39.3 Å². The number of nitrogens with zero attached hydrogens (tertiary/aromatic N) is 1. The Morgan fingerprint density at radius 1 is 1.12 bits per heavy atom. The molecule has 0 unspecified atom stereocenters. The number of aryl methyl sites for hydroxylation is 1. The van der Waals surface area contributed by atoms with Crippen LogP contribution in [0.25, 0.3) is 0 Å². The van der Waals surface area contributed by atoms with Gasteiger partial charge in [0.1, 0.15) is 11.8 Å². The van der Waals surface area contributed by atoms with Gasteiger partial charge in [0, 0.05) is 17.6 Å². The number of hydrogen-bond acceptors (Lipinski definition) is 3. The molecule has 2 aromatic rings. The monoisotopic (exact) mass is 522 g/mol. The third-order valence-corrected chi connectivity index (χ3v) is 6.43. The number of carbonyl (C=O) groups excluding carboxylic acids is 2. The van der Waals surface area contributed by atoms with Crippen molar-refractivity contribution in [2.45, 2.75) is 65.6 Å². The molecule has 0 spiro atoms. The Morgan fingerprint density at radius 3 is 2.44 bits per heavy atom. The standard InChI is InChI=1S/C25H32BrClN2O3/c1-5-17(4)28-25(31)22(7-3)29(15-19-10-8-9-11-21(19)27)24(30)16-32-23-13-12-18(6-2)14-20(23)26/h8-14,17,22H,5-7,15-16H2,1-4H3,(H,28,31)/t17-,22-/m1/s1. The molecule has 0 aliphatic carbocycles. The van der Waals surface area contributed by atoms with Crippen LogP contribution in [0.1, 0.15) is 51.7 Å². The van der Waals surface area contributed by atoms with E-state index in [0.717, 1.165) is 22.9 Å². The summed E-state index contributed by atoms with van der Waals surface area (Å²) in [6.45, 7) is 7.98. The minimum Gasteiger partial charge on any atom is -0.483 e. The fourth-order valence-corrected chi connectivity index (χ4v) is 4.01. The molecule has 0 aromatic heterocycles. The van der Waals surface area contributed by atoms with Crippen molar-refractivity contribution in [3.05, 3.63) is 63.1 Å². The number of benzene rings is 2. The summed E-state index contributed by atoms with van der Waals surface area (Å²) >= 11 is 9.86. The summed E-state index contributed by atoms with van der Waals surface area (Å²) in [7, 11) is 0. The lowest BCUT2D eigenvalue weighted by Gasteiger charge is -2.31. The van der Waals surface area contributed by atoms with E-state index < -0.39 is 6.04 Å². The van der Waals surface area contributed by atoms with E-state index in [0.29, 0.717) is 17.2 Å². The normalized spacial score (nSPS) is 12.7. The molecule has 5 nitrogen and oxygen atoms in total. The smallest absolute Gasteiger partial charge is 0.261 e. The van der Waals surface area contributed by atoms with Gasteiger partial charge >= 0.3 is 0 Å². The molecule has 174 valence electrons. The zero-order chi connectivity index (χ0) is 23.7. The quantitative estimate of drug-likeness (QED) is 0.407. The van der Waals surface area contributed by atoms with Gasteiger partial charge in [-0.1, -0.05) is 56.6 Å². The molecule has 0 fully saturated rings. The summed E-state index contributed by atoms with van der Waals surface area (Å²) in [6, 6.07) is 12.6. The molecule has 32 heavy (non-hydrogen) atoms. The molecule has 0 radical (unpaired) electrons. The Kier molecular flexibility index (Phi) is 10.5. The third kappa shape index (κ3) is 7.24. The fraction of sp³-hybridized carbons (Fsp3) is 0.440. The Morgan fingerprint density at radius 2 is 1.84 bits per heavy atom. The first-order valence-corrected chi connectivity index (χ1v) is 12.2. The van der Waals surface area contributed by atoms with E-state index in [1.165, 1.54) is 5.56 Å². The van der Waals surface area contributed by atoms with Crippen LogP contribution in [0.15, 0.2) is 46.9 Å². The molecule has 2 aromatic carbocycles. The van der Waals surface area contributed by atoms with Gasteiger partial charge < -0.3 is 15.0 Å². The summed E-state index contributed by atoms with van der Waals surface area (Å²) in [4.78, 5) is 27.8. The van der Waals surface area contributed by atoms with Crippen LogP contribution in [0.5, 0.6) is 5.75 Å². The lowest BCUT2D eigenvalue weighted by molar-refractivity contribution is -0.143. The largest absolute Gasteiger partial charge is 0.483 e. The molecule has 2 amide bonds. The van der Waals surface area contributed by atoms with E-state index >= 15 is 0 Å². The SMILES string of the molecule is CCc1ccc(OCC(=O)N(Cc2ccccc2Cl)[C@H](CC)C(=O)N[C@H](C)CC)c(Br)c1. The van der Waals surface area contributed by atoms with Gasteiger partial charge in [0.15, 0.2) is 6.61 Å². The van der Waals surface area contributed by atoms with E-state index in [2.05, 4.69) is 28.2 Å². The minimum absolute atomic E-state index is 0.0260. The van der Waals surface area contributed by atoms with Crippen molar-refractivity contribution < 1.29 is 14.3 Å². The van der Waals surface area contributed by atoms with Gasteiger partial charge in [-0.3, -0.25) is 9.59 Å². The maximum atomic E-state index is 13.3. The van der Waals surface area contributed by atoms with Crippen LogP contribution < -0.4 is 10.1 Å². The second kappa shape index (κ2) is 12.9. The van der Waals surface area contributed by atoms with Crippen molar-refractivity contribution in [3.8, 4) is 5.75 Å². The van der Waals surface area contributed by atoms with Crippen molar-refractivity contribution in [2.24, 2.45) is 0 Å². The molecule has 0 saturated heterocycles. The molecule has 0 bridgehead atoms. The summed E-state index contributed by atoms with van der Waals surface area (Å²) < 4.78 is 6.62. The van der Waals surface area contributed by atoms with Crippen LogP contribution in [0.4, 0.5) is 0 Å². The first kappa shape index (κ1) is 26.2. The Bertz CT molecular complexity index is 922.